The first kappa shape index (κ1) is 15.9. The average molecular weight is 303 g/mol. The highest BCUT2D eigenvalue weighted by Gasteiger charge is 2.05. The number of hydrogen-bond donors (Lipinski definition) is 4. The molecule has 22 heavy (non-hydrogen) atoms. The summed E-state index contributed by atoms with van der Waals surface area (Å²) in [7, 11) is 1.92. The second-order valence-electron chi connectivity index (χ2n) is 4.66. The van der Waals surface area contributed by atoms with Crippen LogP contribution < -0.4 is 21.3 Å². The van der Waals surface area contributed by atoms with Crippen LogP contribution in [0.4, 0.5) is 16.4 Å². The number of fused-ring (bicyclic) bond motifs is 1. The van der Waals surface area contributed by atoms with Crippen molar-refractivity contribution in [1.29, 1.82) is 0 Å². The fourth-order valence-corrected chi connectivity index (χ4v) is 1.86. The van der Waals surface area contributed by atoms with E-state index in [1.165, 1.54) is 0 Å². The molecule has 0 saturated heterocycles. The zero-order chi connectivity index (χ0) is 15.8. The molecule has 0 bridgehead atoms. The normalized spacial score (nSPS) is 10.5. The van der Waals surface area contributed by atoms with E-state index in [1.54, 1.807) is 18.3 Å². The molecule has 2 amide bonds. The van der Waals surface area contributed by atoms with Crippen molar-refractivity contribution in [2.45, 2.75) is 13.3 Å². The van der Waals surface area contributed by atoms with Crippen molar-refractivity contribution < 1.29 is 4.79 Å². The van der Waals surface area contributed by atoms with Crippen LogP contribution in [0.5, 0.6) is 0 Å². The van der Waals surface area contributed by atoms with Gasteiger partial charge in [0.2, 0.25) is 0 Å². The van der Waals surface area contributed by atoms with Crippen LogP contribution in [0.25, 0.3) is 11.2 Å². The number of rotatable bonds is 7. The highest BCUT2D eigenvalue weighted by Crippen LogP contribution is 2.13. The maximum absolute atomic E-state index is 11.5. The molecule has 8 heteroatoms. The van der Waals surface area contributed by atoms with Gasteiger partial charge in [0.1, 0.15) is 17.2 Å². The Morgan fingerprint density at radius 2 is 2.00 bits per heavy atom. The van der Waals surface area contributed by atoms with Gasteiger partial charge >= 0.3 is 6.03 Å². The molecule has 2 aromatic heterocycles. The smallest absolute Gasteiger partial charge is 0.320 e. The van der Waals surface area contributed by atoms with Crippen LogP contribution in [-0.2, 0) is 0 Å². The molecule has 0 fully saturated rings. The van der Waals surface area contributed by atoms with E-state index in [2.05, 4.69) is 36.2 Å². The van der Waals surface area contributed by atoms with Gasteiger partial charge in [0.25, 0.3) is 0 Å². The van der Waals surface area contributed by atoms with Crippen molar-refractivity contribution in [3.8, 4) is 0 Å². The first-order valence-corrected chi connectivity index (χ1v) is 7.30. The maximum atomic E-state index is 11.5. The molecule has 0 saturated carbocycles. The van der Waals surface area contributed by atoms with Crippen molar-refractivity contribution in [3.63, 3.8) is 0 Å². The number of carbonyl (C=O) groups is 1. The lowest BCUT2D eigenvalue weighted by Crippen LogP contribution is -2.28. The summed E-state index contributed by atoms with van der Waals surface area (Å²) in [6.45, 7) is 4.15. The van der Waals surface area contributed by atoms with Gasteiger partial charge in [-0.15, -0.1) is 0 Å². The molecule has 0 aliphatic rings. The largest absolute Gasteiger partial charge is 0.369 e. The monoisotopic (exact) mass is 303 g/mol. The van der Waals surface area contributed by atoms with Crippen LogP contribution >= 0.6 is 0 Å². The molecule has 0 radical (unpaired) electrons. The number of nitrogens with one attached hydrogen (secondary N) is 4. The maximum Gasteiger partial charge on any atom is 0.320 e. The van der Waals surface area contributed by atoms with Crippen LogP contribution in [0.2, 0.25) is 0 Å². The third-order valence-corrected chi connectivity index (χ3v) is 2.90. The van der Waals surface area contributed by atoms with Gasteiger partial charge in [0.15, 0.2) is 5.65 Å². The number of pyridine rings is 1. The zero-order valence-corrected chi connectivity index (χ0v) is 12.8. The fourth-order valence-electron chi connectivity index (χ4n) is 1.86. The van der Waals surface area contributed by atoms with E-state index in [0.29, 0.717) is 29.3 Å². The average Bonchev–Trinajstić information content (AvgIpc) is 2.51. The molecule has 4 N–H and O–H groups in total. The van der Waals surface area contributed by atoms with Crippen LogP contribution in [-0.4, -0.2) is 47.7 Å². The summed E-state index contributed by atoms with van der Waals surface area (Å²) < 4.78 is 0. The molecular weight excluding hydrogens is 282 g/mol. The van der Waals surface area contributed by atoms with Gasteiger partial charge < -0.3 is 16.0 Å². The Bertz CT molecular complexity index is 632. The number of hydrogen-bond acceptors (Lipinski definition) is 6. The fraction of sp³-hybridized carbons (Fsp3) is 0.429. The molecule has 118 valence electrons. The van der Waals surface area contributed by atoms with Gasteiger partial charge in [-0.1, -0.05) is 0 Å². The van der Waals surface area contributed by atoms with Gasteiger partial charge in [-0.2, -0.15) is 0 Å². The molecule has 8 nitrogen and oxygen atoms in total. The lowest BCUT2D eigenvalue weighted by molar-refractivity contribution is 0.252. The minimum absolute atomic E-state index is 0.288. The summed E-state index contributed by atoms with van der Waals surface area (Å²) in [5.41, 5.74) is 1.18. The van der Waals surface area contributed by atoms with Crippen molar-refractivity contribution in [2.24, 2.45) is 0 Å². The van der Waals surface area contributed by atoms with Crippen LogP contribution in [0.15, 0.2) is 18.3 Å². The SMILES string of the molecule is CCNC(=O)Nc1ccc2ncc(NCCCNC)nc2n1. The standard InChI is InChI=1S/C14H21N7O/c1-3-16-14(22)21-11-6-5-10-13(19-11)20-12(9-18-10)17-8-4-7-15-2/h5-6,9,15H,3-4,7-8H2,1-2H3,(H3,16,17,19,20,21,22). The van der Waals surface area contributed by atoms with Gasteiger partial charge in [-0.25, -0.2) is 19.7 Å². The minimum atomic E-state index is -0.288. The van der Waals surface area contributed by atoms with Crippen LogP contribution in [0.1, 0.15) is 13.3 Å². The van der Waals surface area contributed by atoms with Crippen molar-refractivity contribution >= 4 is 28.8 Å². The number of urea groups is 1. The second kappa shape index (κ2) is 8.08. The Morgan fingerprint density at radius 1 is 1.18 bits per heavy atom. The summed E-state index contributed by atoms with van der Waals surface area (Å²) in [4.78, 5) is 24.5. The Balaban J connectivity index is 2.07. The first-order chi connectivity index (χ1) is 10.7. The quantitative estimate of drug-likeness (QED) is 0.573. The van der Waals surface area contributed by atoms with E-state index >= 15 is 0 Å². The third-order valence-electron chi connectivity index (χ3n) is 2.90. The second-order valence-corrected chi connectivity index (χ2v) is 4.66. The molecule has 0 aromatic carbocycles. The topological polar surface area (TPSA) is 104 Å². The highest BCUT2D eigenvalue weighted by molar-refractivity contribution is 5.89. The number of carbonyl (C=O) groups excluding carboxylic acids is 1. The van der Waals surface area contributed by atoms with Crippen molar-refractivity contribution in [2.75, 3.05) is 37.3 Å². The highest BCUT2D eigenvalue weighted by atomic mass is 16.2. The molecule has 2 aromatic rings. The van der Waals surface area contributed by atoms with Crippen molar-refractivity contribution in [1.82, 2.24) is 25.6 Å². The summed E-state index contributed by atoms with van der Waals surface area (Å²) in [6.07, 6.45) is 2.67. The van der Waals surface area contributed by atoms with Crippen LogP contribution in [0, 0.1) is 0 Å². The Kier molecular flexibility index (Phi) is 5.84. The summed E-state index contributed by atoms with van der Waals surface area (Å²) in [6, 6.07) is 3.19. The van der Waals surface area contributed by atoms with Gasteiger partial charge in [0.05, 0.1) is 6.20 Å². The molecular formula is C14H21N7O. The number of amides is 2. The molecule has 2 rings (SSSR count). The van der Waals surface area contributed by atoms with Crippen LogP contribution in [0.3, 0.4) is 0 Å². The van der Waals surface area contributed by atoms with E-state index in [-0.39, 0.29) is 6.03 Å². The van der Waals surface area contributed by atoms with E-state index in [0.717, 1.165) is 19.5 Å². The first-order valence-electron chi connectivity index (χ1n) is 7.30. The zero-order valence-electron chi connectivity index (χ0n) is 12.8. The Morgan fingerprint density at radius 3 is 2.77 bits per heavy atom. The number of nitrogens with zero attached hydrogens (tertiary/aromatic N) is 3. The summed E-state index contributed by atoms with van der Waals surface area (Å²) >= 11 is 0. The third kappa shape index (κ3) is 4.52. The predicted molar refractivity (Wildman–Crippen MR) is 87.1 cm³/mol. The van der Waals surface area contributed by atoms with Crippen molar-refractivity contribution in [3.05, 3.63) is 18.3 Å². The lowest BCUT2D eigenvalue weighted by atomic mass is 10.4. The van der Waals surface area contributed by atoms with Gasteiger partial charge in [-0.3, -0.25) is 5.32 Å². The van der Waals surface area contributed by atoms with Gasteiger partial charge in [-0.05, 0) is 39.1 Å². The molecule has 0 spiro atoms. The summed E-state index contributed by atoms with van der Waals surface area (Å²) in [5.74, 6) is 1.12. The van der Waals surface area contributed by atoms with Gasteiger partial charge in [0, 0.05) is 13.1 Å². The Labute approximate surface area is 129 Å². The number of aromatic nitrogens is 3. The van der Waals surface area contributed by atoms with E-state index in [4.69, 9.17) is 0 Å². The lowest BCUT2D eigenvalue weighted by Gasteiger charge is -2.07. The van der Waals surface area contributed by atoms with E-state index < -0.39 is 0 Å². The number of anilines is 2. The summed E-state index contributed by atoms with van der Waals surface area (Å²) in [5, 5.41) is 11.6. The molecule has 0 atom stereocenters. The predicted octanol–water partition coefficient (Wildman–Crippen LogP) is 1.19. The molecule has 0 aliphatic carbocycles. The molecule has 0 unspecified atom stereocenters. The molecule has 0 aliphatic heterocycles. The van der Waals surface area contributed by atoms with E-state index in [9.17, 15) is 4.79 Å². The Hall–Kier alpha value is -2.48. The van der Waals surface area contributed by atoms with E-state index in [1.807, 2.05) is 14.0 Å². The minimum Gasteiger partial charge on any atom is -0.369 e. The molecule has 2 heterocycles.